The molecule has 8 nitrogen and oxygen atoms in total. The number of nitrogens with zero attached hydrogens (tertiary/aromatic N) is 2. The number of furan rings is 1. The number of ether oxygens (including phenoxy) is 1. The minimum Gasteiger partial charge on any atom is -0.487 e. The normalized spacial score (nSPS) is 11.1. The van der Waals surface area contributed by atoms with Gasteiger partial charge in [0.15, 0.2) is 5.76 Å². The molecular formula is C23H14FI2N3O5. The predicted molar refractivity (Wildman–Crippen MR) is 141 cm³/mol. The zero-order valence-corrected chi connectivity index (χ0v) is 21.4. The van der Waals surface area contributed by atoms with Crippen molar-refractivity contribution < 1.29 is 23.3 Å². The van der Waals surface area contributed by atoms with E-state index in [9.17, 15) is 19.3 Å². The lowest BCUT2D eigenvalue weighted by molar-refractivity contribution is -0.384. The maximum Gasteiger partial charge on any atom is 0.307 e. The van der Waals surface area contributed by atoms with E-state index in [0.717, 1.165) is 18.3 Å². The van der Waals surface area contributed by atoms with Crippen molar-refractivity contribution in [1.29, 1.82) is 0 Å². The molecule has 0 saturated heterocycles. The molecule has 1 aromatic heterocycles. The second-order valence-corrected chi connectivity index (χ2v) is 9.34. The van der Waals surface area contributed by atoms with E-state index in [1.165, 1.54) is 42.6 Å². The largest absolute Gasteiger partial charge is 0.487 e. The molecule has 0 radical (unpaired) electrons. The number of carbonyl (C=O) groups excluding carboxylic acids is 1. The van der Waals surface area contributed by atoms with Gasteiger partial charge in [-0.25, -0.2) is 9.82 Å². The molecule has 0 unspecified atom stereocenters. The summed E-state index contributed by atoms with van der Waals surface area (Å²) < 4.78 is 26.1. The second kappa shape index (κ2) is 10.5. The average molecular weight is 685 g/mol. The summed E-state index contributed by atoms with van der Waals surface area (Å²) in [5.41, 5.74) is 4.25. The highest BCUT2D eigenvalue weighted by Gasteiger charge is 2.15. The summed E-state index contributed by atoms with van der Waals surface area (Å²) in [5, 5.41) is 15.3. The number of nitro benzene ring substituents is 1. The fraction of sp³-hybridized carbons (Fsp3) is 0.0435. The van der Waals surface area contributed by atoms with Gasteiger partial charge in [-0.1, -0.05) is 12.1 Å². The van der Waals surface area contributed by atoms with Crippen LogP contribution in [0.3, 0.4) is 0 Å². The molecule has 3 aromatic carbocycles. The third-order valence-corrected chi connectivity index (χ3v) is 6.23. The van der Waals surface area contributed by atoms with Crippen molar-refractivity contribution >= 4 is 74.0 Å². The first-order valence-electron chi connectivity index (χ1n) is 9.68. The van der Waals surface area contributed by atoms with Crippen LogP contribution in [0.15, 0.2) is 70.2 Å². The zero-order valence-electron chi connectivity index (χ0n) is 17.1. The first-order valence-corrected chi connectivity index (χ1v) is 11.8. The summed E-state index contributed by atoms with van der Waals surface area (Å²) in [7, 11) is 0. The molecule has 4 aromatic rings. The van der Waals surface area contributed by atoms with Crippen LogP contribution in [0, 0.1) is 23.1 Å². The number of carbonyl (C=O) groups is 1. The lowest BCUT2D eigenvalue weighted by atomic mass is 10.2. The highest BCUT2D eigenvalue weighted by Crippen LogP contribution is 2.29. The molecule has 0 spiro atoms. The summed E-state index contributed by atoms with van der Waals surface area (Å²) in [6, 6.07) is 15.3. The monoisotopic (exact) mass is 685 g/mol. The number of hydrogen-bond acceptors (Lipinski definition) is 6. The molecule has 1 N–H and O–H groups in total. The van der Waals surface area contributed by atoms with Crippen LogP contribution in [0.2, 0.25) is 0 Å². The van der Waals surface area contributed by atoms with Crippen LogP contribution < -0.4 is 10.2 Å². The van der Waals surface area contributed by atoms with Gasteiger partial charge < -0.3 is 9.15 Å². The number of nitro groups is 1. The van der Waals surface area contributed by atoms with Gasteiger partial charge in [0, 0.05) is 17.5 Å². The molecule has 1 heterocycles. The number of fused-ring (bicyclic) bond motifs is 1. The van der Waals surface area contributed by atoms with Crippen molar-refractivity contribution in [2.75, 3.05) is 0 Å². The second-order valence-electron chi connectivity index (χ2n) is 7.02. The van der Waals surface area contributed by atoms with E-state index < -0.39 is 10.8 Å². The molecule has 4 rings (SSSR count). The van der Waals surface area contributed by atoms with Gasteiger partial charge >= 0.3 is 5.91 Å². The Kier molecular flexibility index (Phi) is 7.41. The Labute approximate surface area is 219 Å². The first-order chi connectivity index (χ1) is 16.3. The minimum atomic E-state index is -0.584. The molecule has 0 bridgehead atoms. The van der Waals surface area contributed by atoms with Gasteiger partial charge in [0.1, 0.15) is 23.8 Å². The Hall–Kier alpha value is -3.07. The van der Waals surface area contributed by atoms with Crippen LogP contribution in [-0.4, -0.2) is 17.0 Å². The van der Waals surface area contributed by atoms with Crippen LogP contribution in [-0.2, 0) is 6.61 Å². The number of halogens is 3. The summed E-state index contributed by atoms with van der Waals surface area (Å²) in [6.07, 6.45) is 1.49. The smallest absolute Gasteiger partial charge is 0.307 e. The molecule has 0 atom stereocenters. The van der Waals surface area contributed by atoms with Crippen LogP contribution >= 0.6 is 45.2 Å². The predicted octanol–water partition coefficient (Wildman–Crippen LogP) is 6.03. The quantitative estimate of drug-likeness (QED) is 0.111. The van der Waals surface area contributed by atoms with E-state index in [1.807, 2.05) is 12.1 Å². The number of amides is 1. The SMILES string of the molecule is O=C(N/N=C/c1cc(I)c(OCc2ccc(F)cc2)c(I)c1)c1cc2cc([N+](=O)[O-])ccc2o1. The molecule has 0 aliphatic heterocycles. The van der Waals surface area contributed by atoms with Crippen molar-refractivity contribution in [3.8, 4) is 5.75 Å². The van der Waals surface area contributed by atoms with Crippen LogP contribution in [0.25, 0.3) is 11.0 Å². The van der Waals surface area contributed by atoms with Crippen LogP contribution in [0.1, 0.15) is 21.7 Å². The molecule has 0 saturated carbocycles. The standard InChI is InChI=1S/C23H14FI2N3O5/c24-16-3-1-13(2-4-16)12-33-22-18(25)7-14(8-19(22)26)11-27-28-23(30)21-10-15-9-17(29(31)32)5-6-20(15)34-21/h1-11H,12H2,(H,28,30)/b27-11+. The Morgan fingerprint density at radius 2 is 1.82 bits per heavy atom. The lowest BCUT2D eigenvalue weighted by Gasteiger charge is -2.11. The van der Waals surface area contributed by atoms with Gasteiger partial charge in [-0.2, -0.15) is 5.10 Å². The van der Waals surface area contributed by atoms with Crippen molar-refractivity contribution in [3.05, 3.63) is 101 Å². The Morgan fingerprint density at radius 3 is 2.50 bits per heavy atom. The number of benzene rings is 3. The lowest BCUT2D eigenvalue weighted by Crippen LogP contribution is -2.16. The third kappa shape index (κ3) is 5.70. The van der Waals surface area contributed by atoms with E-state index >= 15 is 0 Å². The van der Waals surface area contributed by atoms with E-state index in [-0.39, 0.29) is 17.3 Å². The van der Waals surface area contributed by atoms with Gasteiger partial charge in [-0.3, -0.25) is 14.9 Å². The summed E-state index contributed by atoms with van der Waals surface area (Å²) >= 11 is 4.29. The zero-order chi connectivity index (χ0) is 24.2. The van der Waals surface area contributed by atoms with Gasteiger partial charge in [0.05, 0.1) is 18.3 Å². The molecule has 0 aliphatic carbocycles. The number of hydrogen-bond donors (Lipinski definition) is 1. The topological polar surface area (TPSA) is 107 Å². The molecular weight excluding hydrogens is 671 g/mol. The highest BCUT2D eigenvalue weighted by molar-refractivity contribution is 14.1. The third-order valence-electron chi connectivity index (χ3n) is 4.63. The number of nitrogens with one attached hydrogen (secondary N) is 1. The number of non-ortho nitro benzene ring substituents is 1. The number of rotatable bonds is 7. The molecule has 0 fully saturated rings. The van der Waals surface area contributed by atoms with Crippen LogP contribution in [0.4, 0.5) is 10.1 Å². The Bertz CT molecular complexity index is 1400. The van der Waals surface area contributed by atoms with E-state index in [4.69, 9.17) is 9.15 Å². The molecule has 172 valence electrons. The molecule has 11 heteroatoms. The Balaban J connectivity index is 1.41. The number of hydrazone groups is 1. The van der Waals surface area contributed by atoms with Crippen molar-refractivity contribution in [2.45, 2.75) is 6.61 Å². The van der Waals surface area contributed by atoms with Crippen LogP contribution in [0.5, 0.6) is 5.75 Å². The summed E-state index contributed by atoms with van der Waals surface area (Å²) in [6.45, 7) is 0.302. The minimum absolute atomic E-state index is 0.0126. The highest BCUT2D eigenvalue weighted by atomic mass is 127. The summed E-state index contributed by atoms with van der Waals surface area (Å²) in [5.74, 6) is -0.198. The fourth-order valence-electron chi connectivity index (χ4n) is 3.00. The van der Waals surface area contributed by atoms with Crippen molar-refractivity contribution in [3.63, 3.8) is 0 Å². The van der Waals surface area contributed by atoms with Crippen molar-refractivity contribution in [2.24, 2.45) is 5.10 Å². The summed E-state index contributed by atoms with van der Waals surface area (Å²) in [4.78, 5) is 22.7. The van der Waals surface area contributed by atoms with Gasteiger partial charge in [0.25, 0.3) is 5.69 Å². The van der Waals surface area contributed by atoms with Gasteiger partial charge in [-0.05, 0) is 92.7 Å². The van der Waals surface area contributed by atoms with E-state index in [1.54, 1.807) is 12.1 Å². The Morgan fingerprint density at radius 1 is 1.12 bits per heavy atom. The fourth-order valence-corrected chi connectivity index (χ4v) is 5.13. The van der Waals surface area contributed by atoms with E-state index in [2.05, 4.69) is 55.7 Å². The average Bonchev–Trinajstić information content (AvgIpc) is 3.23. The van der Waals surface area contributed by atoms with E-state index in [0.29, 0.717) is 23.3 Å². The van der Waals surface area contributed by atoms with Gasteiger partial charge in [0.2, 0.25) is 0 Å². The molecule has 0 aliphatic rings. The molecule has 1 amide bonds. The first kappa shape index (κ1) is 24.1. The maximum atomic E-state index is 13.1. The van der Waals surface area contributed by atoms with Crippen molar-refractivity contribution in [1.82, 2.24) is 5.43 Å². The molecule has 34 heavy (non-hydrogen) atoms. The van der Waals surface area contributed by atoms with Gasteiger partial charge in [-0.15, -0.1) is 0 Å². The maximum absolute atomic E-state index is 13.1.